The van der Waals surface area contributed by atoms with Crippen LogP contribution in [0.15, 0.2) is 28.1 Å². The largest absolute Gasteiger partial charge is 0.481 e. The molecule has 0 saturated carbocycles. The molecule has 19 heavy (non-hydrogen) atoms. The lowest BCUT2D eigenvalue weighted by Crippen LogP contribution is -1.98. The quantitative estimate of drug-likeness (QED) is 0.864. The fourth-order valence-electron chi connectivity index (χ4n) is 1.56. The first-order valence-electron chi connectivity index (χ1n) is 5.74. The highest BCUT2D eigenvalue weighted by atomic mass is 79.9. The van der Waals surface area contributed by atoms with Crippen molar-refractivity contribution >= 4 is 44.1 Å². The van der Waals surface area contributed by atoms with E-state index in [9.17, 15) is 4.79 Å². The second-order valence-electron chi connectivity index (χ2n) is 4.12. The summed E-state index contributed by atoms with van der Waals surface area (Å²) >= 11 is 4.91. The third kappa shape index (κ3) is 4.04. The first-order chi connectivity index (χ1) is 9.04. The Morgan fingerprint density at radius 2 is 2.32 bits per heavy atom. The Labute approximate surface area is 123 Å². The predicted octanol–water partition coefficient (Wildman–Crippen LogP) is 3.97. The molecule has 2 rings (SSSR count). The fourth-order valence-corrected chi connectivity index (χ4v) is 2.68. The summed E-state index contributed by atoms with van der Waals surface area (Å²) in [6.45, 7) is 2.02. The van der Waals surface area contributed by atoms with E-state index < -0.39 is 5.97 Å². The number of aromatic nitrogens is 1. The molecule has 0 fully saturated rings. The summed E-state index contributed by atoms with van der Waals surface area (Å²) in [6, 6.07) is 6.00. The zero-order valence-corrected chi connectivity index (χ0v) is 12.7. The van der Waals surface area contributed by atoms with Crippen molar-refractivity contribution in [2.45, 2.75) is 19.8 Å². The minimum absolute atomic E-state index is 0.110. The second-order valence-corrected chi connectivity index (χ2v) is 5.90. The smallest absolute Gasteiger partial charge is 0.303 e. The van der Waals surface area contributed by atoms with Gasteiger partial charge in [0.25, 0.3) is 0 Å². The van der Waals surface area contributed by atoms with Crippen molar-refractivity contribution in [1.82, 2.24) is 4.98 Å². The molecule has 4 nitrogen and oxygen atoms in total. The molecule has 0 amide bonds. The summed E-state index contributed by atoms with van der Waals surface area (Å²) in [4.78, 5) is 14.9. The highest BCUT2D eigenvalue weighted by molar-refractivity contribution is 9.10. The van der Waals surface area contributed by atoms with Crippen molar-refractivity contribution in [3.05, 3.63) is 39.3 Å². The van der Waals surface area contributed by atoms with Crippen molar-refractivity contribution in [2.24, 2.45) is 0 Å². The first kappa shape index (κ1) is 14.0. The molecule has 0 aliphatic heterocycles. The molecule has 2 N–H and O–H groups in total. The summed E-state index contributed by atoms with van der Waals surface area (Å²) in [5, 5.41) is 14.6. The predicted molar refractivity (Wildman–Crippen MR) is 80.2 cm³/mol. The lowest BCUT2D eigenvalue weighted by Gasteiger charge is -2.06. The van der Waals surface area contributed by atoms with Crippen LogP contribution < -0.4 is 5.32 Å². The number of rotatable bonds is 5. The molecule has 1 heterocycles. The number of hydrogen-bond acceptors (Lipinski definition) is 4. The number of nitrogens with one attached hydrogen (secondary N) is 1. The fraction of sp³-hybridized carbons (Fsp3) is 0.231. The van der Waals surface area contributed by atoms with Crippen molar-refractivity contribution in [1.29, 1.82) is 0 Å². The van der Waals surface area contributed by atoms with E-state index in [2.05, 4.69) is 26.2 Å². The van der Waals surface area contributed by atoms with Crippen LogP contribution in [0.5, 0.6) is 0 Å². The number of nitrogens with zero attached hydrogens (tertiary/aromatic N) is 1. The number of aryl methyl sites for hydroxylation is 2. The van der Waals surface area contributed by atoms with Crippen molar-refractivity contribution in [3.8, 4) is 0 Å². The van der Waals surface area contributed by atoms with Gasteiger partial charge < -0.3 is 10.4 Å². The van der Waals surface area contributed by atoms with Gasteiger partial charge in [0.05, 0.1) is 12.1 Å². The van der Waals surface area contributed by atoms with Crippen LogP contribution in [0.1, 0.15) is 17.7 Å². The van der Waals surface area contributed by atoms with Crippen LogP contribution >= 0.6 is 27.3 Å². The average Bonchev–Trinajstić information content (AvgIpc) is 2.79. The van der Waals surface area contributed by atoms with Gasteiger partial charge in [-0.15, -0.1) is 11.3 Å². The zero-order valence-electron chi connectivity index (χ0n) is 10.3. The van der Waals surface area contributed by atoms with Gasteiger partial charge in [-0.25, -0.2) is 4.98 Å². The van der Waals surface area contributed by atoms with Crippen LogP contribution in [0.3, 0.4) is 0 Å². The van der Waals surface area contributed by atoms with Gasteiger partial charge >= 0.3 is 5.97 Å². The van der Waals surface area contributed by atoms with Crippen LogP contribution in [-0.4, -0.2) is 16.1 Å². The number of halogens is 1. The van der Waals surface area contributed by atoms with E-state index in [0.717, 1.165) is 26.5 Å². The van der Waals surface area contributed by atoms with Crippen LogP contribution in [0, 0.1) is 6.92 Å². The van der Waals surface area contributed by atoms with E-state index in [4.69, 9.17) is 5.11 Å². The molecule has 0 saturated heterocycles. The van der Waals surface area contributed by atoms with Crippen molar-refractivity contribution < 1.29 is 9.90 Å². The SMILES string of the molecule is Cc1ccc(Br)cc1Nc1nc(CCC(=O)O)cs1. The summed E-state index contributed by atoms with van der Waals surface area (Å²) in [7, 11) is 0. The topological polar surface area (TPSA) is 62.2 Å². The molecule has 0 spiro atoms. The third-order valence-electron chi connectivity index (χ3n) is 2.59. The summed E-state index contributed by atoms with van der Waals surface area (Å²) in [6.07, 6.45) is 0.573. The summed E-state index contributed by atoms with van der Waals surface area (Å²) < 4.78 is 1.00. The van der Waals surface area contributed by atoms with Gasteiger partial charge in [0.1, 0.15) is 0 Å². The minimum Gasteiger partial charge on any atom is -0.481 e. The van der Waals surface area contributed by atoms with Crippen molar-refractivity contribution in [2.75, 3.05) is 5.32 Å². The number of thiazole rings is 1. The summed E-state index contributed by atoms with van der Waals surface area (Å²) in [5.41, 5.74) is 2.93. The molecule has 1 aromatic heterocycles. The highest BCUT2D eigenvalue weighted by Crippen LogP contribution is 2.26. The summed E-state index contributed by atoms with van der Waals surface area (Å²) in [5.74, 6) is -0.801. The maximum absolute atomic E-state index is 10.5. The maximum atomic E-state index is 10.5. The number of benzene rings is 1. The molecule has 0 aliphatic carbocycles. The molecule has 0 bridgehead atoms. The minimum atomic E-state index is -0.801. The number of hydrogen-bond donors (Lipinski definition) is 2. The lowest BCUT2D eigenvalue weighted by molar-refractivity contribution is -0.136. The molecule has 2 aromatic rings. The standard InChI is InChI=1S/C13H13BrN2O2S/c1-8-2-3-9(14)6-11(8)16-13-15-10(7-19-13)4-5-12(17)18/h2-3,6-7H,4-5H2,1H3,(H,15,16)(H,17,18). The van der Waals surface area contributed by atoms with Crippen LogP contribution in [0.4, 0.5) is 10.8 Å². The van der Waals surface area contributed by atoms with E-state index in [1.807, 2.05) is 30.5 Å². The Kier molecular flexibility index (Phi) is 4.55. The van der Waals surface area contributed by atoms with Crippen LogP contribution in [0.25, 0.3) is 0 Å². The first-order valence-corrected chi connectivity index (χ1v) is 7.41. The van der Waals surface area contributed by atoms with Gasteiger partial charge in [0.15, 0.2) is 5.13 Å². The number of aliphatic carboxylic acids is 1. The maximum Gasteiger partial charge on any atom is 0.303 e. The molecule has 0 radical (unpaired) electrons. The Balaban J connectivity index is 2.07. The number of carboxylic acids is 1. The van der Waals surface area contributed by atoms with E-state index in [0.29, 0.717) is 6.42 Å². The van der Waals surface area contributed by atoms with Crippen LogP contribution in [0.2, 0.25) is 0 Å². The Morgan fingerprint density at radius 1 is 1.53 bits per heavy atom. The molecule has 0 aliphatic rings. The monoisotopic (exact) mass is 340 g/mol. The van der Waals surface area contributed by atoms with E-state index in [1.165, 1.54) is 11.3 Å². The third-order valence-corrected chi connectivity index (χ3v) is 3.89. The molecular formula is C13H13BrN2O2S. The van der Waals surface area contributed by atoms with Gasteiger partial charge in [0, 0.05) is 22.0 Å². The highest BCUT2D eigenvalue weighted by Gasteiger charge is 2.06. The lowest BCUT2D eigenvalue weighted by atomic mass is 10.2. The van der Waals surface area contributed by atoms with E-state index >= 15 is 0 Å². The average molecular weight is 341 g/mol. The van der Waals surface area contributed by atoms with Crippen LogP contribution in [-0.2, 0) is 11.2 Å². The molecule has 1 aromatic carbocycles. The molecule has 0 atom stereocenters. The Bertz CT molecular complexity index is 598. The molecule has 6 heteroatoms. The van der Waals surface area contributed by atoms with Gasteiger partial charge in [-0.05, 0) is 24.6 Å². The number of carbonyl (C=O) groups is 1. The Hall–Kier alpha value is -1.40. The molecular weight excluding hydrogens is 328 g/mol. The van der Waals surface area contributed by atoms with Gasteiger partial charge in [-0.3, -0.25) is 4.79 Å². The second kappa shape index (κ2) is 6.16. The van der Waals surface area contributed by atoms with E-state index in [-0.39, 0.29) is 6.42 Å². The van der Waals surface area contributed by atoms with E-state index in [1.54, 1.807) is 0 Å². The molecule has 0 unspecified atom stereocenters. The van der Waals surface area contributed by atoms with Gasteiger partial charge in [-0.1, -0.05) is 22.0 Å². The zero-order chi connectivity index (χ0) is 13.8. The van der Waals surface area contributed by atoms with Gasteiger partial charge in [0.2, 0.25) is 0 Å². The number of anilines is 2. The van der Waals surface area contributed by atoms with Gasteiger partial charge in [-0.2, -0.15) is 0 Å². The molecule has 100 valence electrons. The van der Waals surface area contributed by atoms with Crippen molar-refractivity contribution in [3.63, 3.8) is 0 Å². The normalized spacial score (nSPS) is 10.4. The Morgan fingerprint density at radius 3 is 3.05 bits per heavy atom. The number of carboxylic acid groups (broad SMARTS) is 1.